The Hall–Kier alpha value is -1.55. The zero-order chi connectivity index (χ0) is 16.1. The lowest BCUT2D eigenvalue weighted by atomic mass is 9.96. The summed E-state index contributed by atoms with van der Waals surface area (Å²) in [6.45, 7) is 9.23. The van der Waals surface area contributed by atoms with Gasteiger partial charge < -0.3 is 9.47 Å². The van der Waals surface area contributed by atoms with Crippen LogP contribution < -0.4 is 4.74 Å². The van der Waals surface area contributed by atoms with Crippen LogP contribution in [0.1, 0.15) is 36.5 Å². The molecule has 0 N–H and O–H groups in total. The minimum atomic E-state index is -0.0465. The first-order valence-corrected chi connectivity index (χ1v) is 8.08. The molecule has 0 aliphatic carbocycles. The first-order chi connectivity index (χ1) is 10.5. The number of nitrogens with zero attached hydrogens (tertiary/aromatic N) is 1. The van der Waals surface area contributed by atoms with Crippen LogP contribution >= 0.6 is 0 Å². The zero-order valence-electron chi connectivity index (χ0n) is 14.1. The van der Waals surface area contributed by atoms with E-state index in [1.165, 1.54) is 11.1 Å². The highest BCUT2D eigenvalue weighted by Crippen LogP contribution is 2.25. The summed E-state index contributed by atoms with van der Waals surface area (Å²) in [4.78, 5) is 14.3. The van der Waals surface area contributed by atoms with Gasteiger partial charge in [0.25, 0.3) is 0 Å². The molecule has 122 valence electrons. The van der Waals surface area contributed by atoms with Gasteiger partial charge in [-0.15, -0.1) is 0 Å². The number of rotatable bonds is 5. The second-order valence-electron chi connectivity index (χ2n) is 6.07. The first kappa shape index (κ1) is 16.8. The van der Waals surface area contributed by atoms with Gasteiger partial charge in [-0.2, -0.15) is 0 Å². The highest BCUT2D eigenvalue weighted by Gasteiger charge is 2.27. The number of ether oxygens (including phenoxy) is 2. The Balaban J connectivity index is 2.04. The summed E-state index contributed by atoms with van der Waals surface area (Å²) in [5.41, 5.74) is 3.70. The summed E-state index contributed by atoms with van der Waals surface area (Å²) in [6.07, 6.45) is 1.99. The van der Waals surface area contributed by atoms with Crippen LogP contribution in [0.25, 0.3) is 0 Å². The number of piperidine rings is 1. The Morgan fingerprint density at radius 3 is 2.77 bits per heavy atom. The molecule has 1 fully saturated rings. The number of hydrogen-bond acceptors (Lipinski definition) is 4. The Morgan fingerprint density at radius 1 is 1.32 bits per heavy atom. The van der Waals surface area contributed by atoms with Crippen LogP contribution in [0.15, 0.2) is 12.1 Å². The minimum absolute atomic E-state index is 0.0216. The van der Waals surface area contributed by atoms with E-state index in [9.17, 15) is 4.79 Å². The number of aryl methyl sites for hydroxylation is 2. The van der Waals surface area contributed by atoms with Gasteiger partial charge in [0.15, 0.2) is 0 Å². The highest BCUT2D eigenvalue weighted by atomic mass is 16.5. The van der Waals surface area contributed by atoms with Crippen LogP contribution in [0.5, 0.6) is 5.75 Å². The summed E-state index contributed by atoms with van der Waals surface area (Å²) >= 11 is 0. The summed E-state index contributed by atoms with van der Waals surface area (Å²) in [6, 6.07) is 4.29. The fraction of sp³-hybridized carbons (Fsp3) is 0.611. The molecule has 1 aromatic carbocycles. The number of hydrogen-bond donors (Lipinski definition) is 0. The van der Waals surface area contributed by atoms with Gasteiger partial charge in [0.2, 0.25) is 0 Å². The van der Waals surface area contributed by atoms with Gasteiger partial charge in [-0.1, -0.05) is 6.07 Å². The van der Waals surface area contributed by atoms with E-state index in [0.29, 0.717) is 6.61 Å². The van der Waals surface area contributed by atoms with Crippen LogP contribution in [-0.4, -0.2) is 37.7 Å². The normalized spacial score (nSPS) is 19.0. The summed E-state index contributed by atoms with van der Waals surface area (Å²) in [5.74, 6) is 0.910. The smallest absolute Gasteiger partial charge is 0.310 e. The molecule has 2 rings (SSSR count). The van der Waals surface area contributed by atoms with Gasteiger partial charge in [0.1, 0.15) is 5.75 Å². The van der Waals surface area contributed by atoms with Gasteiger partial charge in [0.05, 0.1) is 19.6 Å². The Labute approximate surface area is 133 Å². The number of carbonyl (C=O) groups excluding carboxylic acids is 1. The molecule has 22 heavy (non-hydrogen) atoms. The topological polar surface area (TPSA) is 38.8 Å². The molecule has 0 bridgehead atoms. The standard InChI is InChI=1S/C18H27NO3/c1-5-22-18(20)15-7-6-8-19(11-15)12-16-9-14(3)17(21-4)10-13(16)2/h9-10,15H,5-8,11-12H2,1-4H3. The number of benzene rings is 1. The van der Waals surface area contributed by atoms with Gasteiger partial charge in [-0.3, -0.25) is 9.69 Å². The summed E-state index contributed by atoms with van der Waals surface area (Å²) in [7, 11) is 1.70. The molecule has 1 unspecified atom stereocenters. The third-order valence-corrected chi connectivity index (χ3v) is 4.37. The maximum absolute atomic E-state index is 11.9. The minimum Gasteiger partial charge on any atom is -0.496 e. The largest absolute Gasteiger partial charge is 0.496 e. The molecular formula is C18H27NO3. The third-order valence-electron chi connectivity index (χ3n) is 4.37. The molecule has 0 spiro atoms. The second-order valence-corrected chi connectivity index (χ2v) is 6.07. The lowest BCUT2D eigenvalue weighted by Gasteiger charge is -2.32. The quantitative estimate of drug-likeness (QED) is 0.784. The number of carbonyl (C=O) groups is 1. The van der Waals surface area contributed by atoms with Gasteiger partial charge in [-0.25, -0.2) is 0 Å². The molecule has 1 aliphatic rings. The number of methoxy groups -OCH3 is 1. The van der Waals surface area contributed by atoms with E-state index in [2.05, 4.69) is 30.9 Å². The molecule has 4 nitrogen and oxygen atoms in total. The Kier molecular flexibility index (Phi) is 5.83. The van der Waals surface area contributed by atoms with Crippen LogP contribution in [0.2, 0.25) is 0 Å². The molecule has 0 radical (unpaired) electrons. The zero-order valence-corrected chi connectivity index (χ0v) is 14.1. The van der Waals surface area contributed by atoms with Crippen molar-refractivity contribution in [1.82, 2.24) is 4.90 Å². The Morgan fingerprint density at radius 2 is 2.09 bits per heavy atom. The van der Waals surface area contributed by atoms with Crippen molar-refractivity contribution in [2.45, 2.75) is 40.2 Å². The summed E-state index contributed by atoms with van der Waals surface area (Å²) in [5, 5.41) is 0. The van der Waals surface area contributed by atoms with Crippen LogP contribution in [-0.2, 0) is 16.1 Å². The molecule has 1 atom stereocenters. The van der Waals surface area contributed by atoms with Crippen molar-refractivity contribution in [1.29, 1.82) is 0 Å². The van der Waals surface area contributed by atoms with Gasteiger partial charge in [0, 0.05) is 13.1 Å². The van der Waals surface area contributed by atoms with Crippen molar-refractivity contribution >= 4 is 5.97 Å². The monoisotopic (exact) mass is 305 g/mol. The SMILES string of the molecule is CCOC(=O)C1CCCN(Cc2cc(C)c(OC)cc2C)C1. The van der Waals surface area contributed by atoms with Crippen molar-refractivity contribution in [2.75, 3.05) is 26.8 Å². The Bertz CT molecular complexity index is 527. The molecule has 0 amide bonds. The average molecular weight is 305 g/mol. The molecule has 1 heterocycles. The maximum Gasteiger partial charge on any atom is 0.310 e. The van der Waals surface area contributed by atoms with E-state index in [0.717, 1.165) is 43.8 Å². The molecule has 0 saturated carbocycles. The second kappa shape index (κ2) is 7.63. The average Bonchev–Trinajstić information content (AvgIpc) is 2.51. The number of likely N-dealkylation sites (tertiary alicyclic amines) is 1. The summed E-state index contributed by atoms with van der Waals surface area (Å²) < 4.78 is 10.5. The van der Waals surface area contributed by atoms with E-state index in [-0.39, 0.29) is 11.9 Å². The predicted molar refractivity (Wildman–Crippen MR) is 87.1 cm³/mol. The van der Waals surface area contributed by atoms with E-state index in [4.69, 9.17) is 9.47 Å². The van der Waals surface area contributed by atoms with Crippen molar-refractivity contribution in [3.05, 3.63) is 28.8 Å². The fourth-order valence-electron chi connectivity index (χ4n) is 3.13. The molecule has 1 saturated heterocycles. The first-order valence-electron chi connectivity index (χ1n) is 8.08. The number of esters is 1. The van der Waals surface area contributed by atoms with Crippen molar-refractivity contribution in [3.8, 4) is 5.75 Å². The lowest BCUT2D eigenvalue weighted by Crippen LogP contribution is -2.39. The van der Waals surface area contributed by atoms with Crippen LogP contribution in [0.4, 0.5) is 0 Å². The maximum atomic E-state index is 11.9. The fourth-order valence-corrected chi connectivity index (χ4v) is 3.13. The van der Waals surface area contributed by atoms with Crippen molar-refractivity contribution < 1.29 is 14.3 Å². The van der Waals surface area contributed by atoms with Gasteiger partial charge >= 0.3 is 5.97 Å². The van der Waals surface area contributed by atoms with Crippen molar-refractivity contribution in [3.63, 3.8) is 0 Å². The van der Waals surface area contributed by atoms with Gasteiger partial charge in [-0.05, 0) is 62.9 Å². The molecule has 4 heteroatoms. The highest BCUT2D eigenvalue weighted by molar-refractivity contribution is 5.72. The van der Waals surface area contributed by atoms with E-state index in [1.807, 2.05) is 6.92 Å². The van der Waals surface area contributed by atoms with E-state index in [1.54, 1.807) is 7.11 Å². The van der Waals surface area contributed by atoms with E-state index < -0.39 is 0 Å². The molecule has 0 aromatic heterocycles. The molecule has 1 aromatic rings. The van der Waals surface area contributed by atoms with Crippen LogP contribution in [0, 0.1) is 19.8 Å². The predicted octanol–water partition coefficient (Wildman–Crippen LogP) is 3.09. The molecule has 1 aliphatic heterocycles. The van der Waals surface area contributed by atoms with E-state index >= 15 is 0 Å². The van der Waals surface area contributed by atoms with Crippen molar-refractivity contribution in [2.24, 2.45) is 5.92 Å². The lowest BCUT2D eigenvalue weighted by molar-refractivity contribution is -0.150. The molecular weight excluding hydrogens is 278 g/mol. The van der Waals surface area contributed by atoms with Crippen LogP contribution in [0.3, 0.4) is 0 Å². The third kappa shape index (κ3) is 4.01.